The first-order chi connectivity index (χ1) is 6.77. The quantitative estimate of drug-likeness (QED) is 0.692. The number of nitrogens with two attached hydrogens (primary N) is 1. The molecule has 1 heterocycles. The molecule has 0 radical (unpaired) electrons. The van der Waals surface area contributed by atoms with Crippen molar-refractivity contribution in [1.29, 1.82) is 0 Å². The molecule has 0 amide bonds. The molecule has 2 rings (SSSR count). The number of hydroxylamine groups is 1. The molecular weight excluding hydrogens is 176 g/mol. The van der Waals surface area contributed by atoms with E-state index in [1.54, 1.807) is 0 Å². The highest BCUT2D eigenvalue weighted by atomic mass is 16.7. The molecular formula is C11H16N2O. The fraction of sp³-hybridized carbons (Fsp3) is 0.455. The predicted molar refractivity (Wildman–Crippen MR) is 58.1 cm³/mol. The molecule has 1 aliphatic heterocycles. The Balaban J connectivity index is 2.24. The minimum Gasteiger partial charge on any atom is -0.399 e. The van der Waals surface area contributed by atoms with Crippen molar-refractivity contribution < 1.29 is 4.84 Å². The van der Waals surface area contributed by atoms with E-state index in [1.807, 2.05) is 23.3 Å². The Labute approximate surface area is 84.4 Å². The summed E-state index contributed by atoms with van der Waals surface area (Å²) >= 11 is 0. The predicted octanol–water partition coefficient (Wildman–Crippen LogP) is 2.11. The molecule has 0 aliphatic carbocycles. The topological polar surface area (TPSA) is 38.5 Å². The van der Waals surface area contributed by atoms with Crippen LogP contribution in [0.1, 0.15) is 18.4 Å². The van der Waals surface area contributed by atoms with E-state index < -0.39 is 0 Å². The number of anilines is 2. The van der Waals surface area contributed by atoms with Crippen LogP contribution in [0.3, 0.4) is 0 Å². The van der Waals surface area contributed by atoms with Crippen LogP contribution < -0.4 is 10.8 Å². The van der Waals surface area contributed by atoms with Crippen molar-refractivity contribution >= 4 is 11.4 Å². The van der Waals surface area contributed by atoms with Crippen molar-refractivity contribution in [2.75, 3.05) is 23.9 Å². The van der Waals surface area contributed by atoms with Crippen molar-refractivity contribution in [1.82, 2.24) is 0 Å². The van der Waals surface area contributed by atoms with Crippen LogP contribution in [0.2, 0.25) is 0 Å². The third-order valence-corrected chi connectivity index (χ3v) is 2.50. The summed E-state index contributed by atoms with van der Waals surface area (Å²) in [5.41, 5.74) is 8.85. The van der Waals surface area contributed by atoms with E-state index in [-0.39, 0.29) is 0 Å². The molecule has 1 fully saturated rings. The number of nitrogen functional groups attached to an aromatic ring is 1. The summed E-state index contributed by atoms with van der Waals surface area (Å²) < 4.78 is 0. The molecule has 76 valence electrons. The Morgan fingerprint density at radius 2 is 2.21 bits per heavy atom. The van der Waals surface area contributed by atoms with Gasteiger partial charge in [-0.25, -0.2) is 0 Å². The number of rotatable bonds is 1. The first-order valence-electron chi connectivity index (χ1n) is 5.04. The van der Waals surface area contributed by atoms with Crippen molar-refractivity contribution in [3.8, 4) is 0 Å². The highest BCUT2D eigenvalue weighted by Gasteiger charge is 2.13. The zero-order valence-electron chi connectivity index (χ0n) is 8.49. The van der Waals surface area contributed by atoms with Crippen molar-refractivity contribution in [3.63, 3.8) is 0 Å². The third kappa shape index (κ3) is 1.82. The zero-order chi connectivity index (χ0) is 9.97. The maximum absolute atomic E-state index is 5.75. The van der Waals surface area contributed by atoms with Gasteiger partial charge in [0, 0.05) is 12.2 Å². The minimum atomic E-state index is 0.791. The molecule has 0 saturated carbocycles. The zero-order valence-corrected chi connectivity index (χ0v) is 8.49. The van der Waals surface area contributed by atoms with Gasteiger partial charge in [0.2, 0.25) is 0 Å². The summed E-state index contributed by atoms with van der Waals surface area (Å²) in [5, 5.41) is 1.95. The van der Waals surface area contributed by atoms with Crippen molar-refractivity contribution in [2.24, 2.45) is 0 Å². The van der Waals surface area contributed by atoms with Gasteiger partial charge in [-0.3, -0.25) is 9.90 Å². The van der Waals surface area contributed by atoms with Gasteiger partial charge in [0.1, 0.15) is 0 Å². The molecule has 3 nitrogen and oxygen atoms in total. The van der Waals surface area contributed by atoms with Crippen molar-refractivity contribution in [3.05, 3.63) is 23.8 Å². The second kappa shape index (κ2) is 3.88. The van der Waals surface area contributed by atoms with Crippen LogP contribution in [0.15, 0.2) is 18.2 Å². The molecule has 0 unspecified atom stereocenters. The molecule has 0 bridgehead atoms. The van der Waals surface area contributed by atoms with Gasteiger partial charge in [0.25, 0.3) is 0 Å². The van der Waals surface area contributed by atoms with Crippen LogP contribution in [-0.4, -0.2) is 13.2 Å². The molecule has 14 heavy (non-hydrogen) atoms. The summed E-state index contributed by atoms with van der Waals surface area (Å²) in [6, 6.07) is 5.92. The number of aryl methyl sites for hydroxylation is 1. The Bertz CT molecular complexity index is 319. The third-order valence-electron chi connectivity index (χ3n) is 2.50. The lowest BCUT2D eigenvalue weighted by atomic mass is 10.1. The molecule has 0 spiro atoms. The maximum Gasteiger partial charge on any atom is 0.0749 e. The van der Waals surface area contributed by atoms with Gasteiger partial charge in [-0.1, -0.05) is 6.07 Å². The standard InChI is InChI=1S/C11H16N2O/c1-9-4-5-10(12)8-11(9)13-6-2-3-7-14-13/h4-5,8H,2-3,6-7,12H2,1H3. The van der Waals surface area contributed by atoms with E-state index >= 15 is 0 Å². The number of hydrogen-bond acceptors (Lipinski definition) is 3. The number of benzene rings is 1. The lowest BCUT2D eigenvalue weighted by Gasteiger charge is -2.29. The van der Waals surface area contributed by atoms with Gasteiger partial charge >= 0.3 is 0 Å². The van der Waals surface area contributed by atoms with Crippen LogP contribution in [0.25, 0.3) is 0 Å². The normalized spacial score (nSPS) is 17.1. The Morgan fingerprint density at radius 3 is 2.93 bits per heavy atom. The highest BCUT2D eigenvalue weighted by Crippen LogP contribution is 2.25. The molecule has 3 heteroatoms. The van der Waals surface area contributed by atoms with Gasteiger partial charge < -0.3 is 5.73 Å². The molecule has 1 aliphatic rings. The average Bonchev–Trinajstić information content (AvgIpc) is 2.23. The first kappa shape index (κ1) is 9.34. The van der Waals surface area contributed by atoms with Crippen molar-refractivity contribution in [2.45, 2.75) is 19.8 Å². The molecule has 1 aromatic rings. The number of hydrogen-bond donors (Lipinski definition) is 1. The Morgan fingerprint density at radius 1 is 1.36 bits per heavy atom. The molecule has 0 atom stereocenters. The van der Waals surface area contributed by atoms with E-state index in [0.29, 0.717) is 0 Å². The van der Waals surface area contributed by atoms with Crippen LogP contribution in [0, 0.1) is 6.92 Å². The van der Waals surface area contributed by atoms with E-state index in [0.717, 1.165) is 30.9 Å². The van der Waals surface area contributed by atoms with E-state index in [9.17, 15) is 0 Å². The summed E-state index contributed by atoms with van der Waals surface area (Å²) in [4.78, 5) is 5.58. The second-order valence-corrected chi connectivity index (χ2v) is 3.69. The molecule has 0 aromatic heterocycles. The van der Waals surface area contributed by atoms with Crippen LogP contribution >= 0.6 is 0 Å². The fourth-order valence-corrected chi connectivity index (χ4v) is 1.68. The first-order valence-corrected chi connectivity index (χ1v) is 5.04. The summed E-state index contributed by atoms with van der Waals surface area (Å²) in [6.07, 6.45) is 2.34. The van der Waals surface area contributed by atoms with Crippen LogP contribution in [0.5, 0.6) is 0 Å². The van der Waals surface area contributed by atoms with E-state index in [2.05, 4.69) is 6.92 Å². The number of nitrogens with zero attached hydrogens (tertiary/aromatic N) is 1. The summed E-state index contributed by atoms with van der Waals surface area (Å²) in [7, 11) is 0. The maximum atomic E-state index is 5.75. The lowest BCUT2D eigenvalue weighted by Crippen LogP contribution is -2.30. The highest BCUT2D eigenvalue weighted by molar-refractivity contribution is 5.59. The summed E-state index contributed by atoms with van der Waals surface area (Å²) in [6.45, 7) is 3.85. The summed E-state index contributed by atoms with van der Waals surface area (Å²) in [5.74, 6) is 0. The molecule has 2 N–H and O–H groups in total. The van der Waals surface area contributed by atoms with Gasteiger partial charge in [-0.2, -0.15) is 0 Å². The van der Waals surface area contributed by atoms with Gasteiger partial charge in [0.05, 0.1) is 12.3 Å². The second-order valence-electron chi connectivity index (χ2n) is 3.69. The average molecular weight is 192 g/mol. The molecule has 1 saturated heterocycles. The van der Waals surface area contributed by atoms with Crippen LogP contribution in [-0.2, 0) is 4.84 Å². The smallest absolute Gasteiger partial charge is 0.0749 e. The van der Waals surface area contributed by atoms with Gasteiger partial charge in [-0.15, -0.1) is 0 Å². The Kier molecular flexibility index (Phi) is 2.59. The lowest BCUT2D eigenvalue weighted by molar-refractivity contribution is 0.0776. The monoisotopic (exact) mass is 192 g/mol. The van der Waals surface area contributed by atoms with Crippen LogP contribution in [0.4, 0.5) is 11.4 Å². The fourth-order valence-electron chi connectivity index (χ4n) is 1.68. The Hall–Kier alpha value is -1.22. The van der Waals surface area contributed by atoms with E-state index in [4.69, 9.17) is 10.6 Å². The minimum absolute atomic E-state index is 0.791. The van der Waals surface area contributed by atoms with Gasteiger partial charge in [-0.05, 0) is 37.5 Å². The van der Waals surface area contributed by atoms with E-state index in [1.165, 1.54) is 12.0 Å². The SMILES string of the molecule is Cc1ccc(N)cc1N1CCCCO1. The van der Waals surface area contributed by atoms with Gasteiger partial charge in [0.15, 0.2) is 0 Å². The molecule has 1 aromatic carbocycles. The largest absolute Gasteiger partial charge is 0.399 e.